The van der Waals surface area contributed by atoms with Gasteiger partial charge in [0.05, 0.1) is 12.2 Å². The van der Waals surface area contributed by atoms with Gasteiger partial charge >= 0.3 is 0 Å². The Kier molecular flexibility index (Phi) is 4.23. The molecule has 3 atom stereocenters. The first-order valence-electron chi connectivity index (χ1n) is 6.65. The van der Waals surface area contributed by atoms with Crippen LogP contribution in [0.1, 0.15) is 31.9 Å². The monoisotopic (exact) mass is 267 g/mol. The molecule has 0 aliphatic heterocycles. The molecule has 0 saturated heterocycles. The summed E-state index contributed by atoms with van der Waals surface area (Å²) in [6.07, 6.45) is 0.517. The first kappa shape index (κ1) is 14.4. The van der Waals surface area contributed by atoms with Crippen molar-refractivity contribution in [2.45, 2.75) is 38.5 Å². The fraction of sp³-hybridized carbons (Fsp3) is 0.600. The van der Waals surface area contributed by atoms with E-state index in [-0.39, 0.29) is 17.3 Å². The molecular formula is C15H22FNO2. The Hall–Kier alpha value is -0.970. The third-order valence-corrected chi connectivity index (χ3v) is 4.25. The van der Waals surface area contributed by atoms with Crippen LogP contribution >= 0.6 is 0 Å². The van der Waals surface area contributed by atoms with Gasteiger partial charge in [-0.1, -0.05) is 26.0 Å². The van der Waals surface area contributed by atoms with Crippen LogP contribution in [0.15, 0.2) is 24.3 Å². The van der Waals surface area contributed by atoms with Crippen LogP contribution in [-0.4, -0.2) is 30.9 Å². The average Bonchev–Trinajstić information content (AvgIpc) is 2.37. The van der Waals surface area contributed by atoms with Gasteiger partial charge in [0.25, 0.3) is 0 Å². The number of ether oxygens (including phenoxy) is 1. The molecule has 0 aromatic heterocycles. The third-order valence-electron chi connectivity index (χ3n) is 4.25. The quantitative estimate of drug-likeness (QED) is 0.860. The minimum atomic E-state index is -0.687. The minimum Gasteiger partial charge on any atom is -0.387 e. The van der Waals surface area contributed by atoms with Gasteiger partial charge in [0.1, 0.15) is 5.82 Å². The molecular weight excluding hydrogens is 245 g/mol. The molecule has 0 radical (unpaired) electrons. The molecule has 1 aliphatic carbocycles. The van der Waals surface area contributed by atoms with Crippen LogP contribution in [0.2, 0.25) is 0 Å². The summed E-state index contributed by atoms with van der Waals surface area (Å²) < 4.78 is 18.5. The molecule has 1 saturated carbocycles. The summed E-state index contributed by atoms with van der Waals surface area (Å²) in [5, 5.41) is 13.4. The van der Waals surface area contributed by atoms with Crippen LogP contribution in [-0.2, 0) is 4.74 Å². The topological polar surface area (TPSA) is 41.5 Å². The van der Waals surface area contributed by atoms with Crippen LogP contribution in [0.5, 0.6) is 0 Å². The van der Waals surface area contributed by atoms with E-state index in [9.17, 15) is 9.50 Å². The van der Waals surface area contributed by atoms with Gasteiger partial charge in [0, 0.05) is 25.1 Å². The maximum absolute atomic E-state index is 13.1. The molecule has 106 valence electrons. The molecule has 3 unspecified atom stereocenters. The highest BCUT2D eigenvalue weighted by Gasteiger charge is 2.48. The Morgan fingerprint density at radius 1 is 1.53 bits per heavy atom. The van der Waals surface area contributed by atoms with E-state index < -0.39 is 6.10 Å². The van der Waals surface area contributed by atoms with Gasteiger partial charge in [-0.25, -0.2) is 4.39 Å². The molecule has 1 aliphatic rings. The molecule has 4 heteroatoms. The number of hydrogen-bond acceptors (Lipinski definition) is 3. The van der Waals surface area contributed by atoms with Gasteiger partial charge < -0.3 is 15.2 Å². The van der Waals surface area contributed by atoms with Crippen LogP contribution in [0.25, 0.3) is 0 Å². The zero-order chi connectivity index (χ0) is 14.0. The van der Waals surface area contributed by atoms with Gasteiger partial charge in [-0.05, 0) is 24.1 Å². The maximum Gasteiger partial charge on any atom is 0.123 e. The number of aliphatic hydroxyl groups is 1. The predicted molar refractivity (Wildman–Crippen MR) is 72.3 cm³/mol. The fourth-order valence-corrected chi connectivity index (χ4v) is 2.72. The summed E-state index contributed by atoms with van der Waals surface area (Å²) in [7, 11) is 1.73. The first-order chi connectivity index (χ1) is 8.95. The summed E-state index contributed by atoms with van der Waals surface area (Å²) in [4.78, 5) is 0. The molecule has 2 N–H and O–H groups in total. The van der Waals surface area contributed by atoms with Crippen molar-refractivity contribution in [3.63, 3.8) is 0 Å². The molecule has 1 fully saturated rings. The van der Waals surface area contributed by atoms with Crippen LogP contribution in [0, 0.1) is 11.2 Å². The third kappa shape index (κ3) is 2.96. The smallest absolute Gasteiger partial charge is 0.123 e. The molecule has 1 aromatic carbocycles. The molecule has 0 heterocycles. The van der Waals surface area contributed by atoms with E-state index in [0.29, 0.717) is 18.2 Å². The standard InChI is InChI=1S/C15H22FNO2/c1-15(2)13(8-14(15)19-3)17-9-12(18)10-5-4-6-11(16)7-10/h4-7,12-14,17-18H,8-9H2,1-3H3. The van der Waals surface area contributed by atoms with Crippen molar-refractivity contribution < 1.29 is 14.2 Å². The molecule has 19 heavy (non-hydrogen) atoms. The number of aliphatic hydroxyl groups excluding tert-OH is 1. The van der Waals surface area contributed by atoms with E-state index in [1.807, 2.05) is 0 Å². The van der Waals surface area contributed by atoms with E-state index in [0.717, 1.165) is 6.42 Å². The Bertz CT molecular complexity index is 436. The summed E-state index contributed by atoms with van der Waals surface area (Å²) in [5.74, 6) is -0.319. The minimum absolute atomic E-state index is 0.0659. The van der Waals surface area contributed by atoms with Gasteiger partial charge in [-0.2, -0.15) is 0 Å². The lowest BCUT2D eigenvalue weighted by Crippen LogP contribution is -2.61. The van der Waals surface area contributed by atoms with Gasteiger partial charge in [-0.15, -0.1) is 0 Å². The van der Waals surface area contributed by atoms with E-state index in [1.165, 1.54) is 12.1 Å². The molecule has 1 aromatic rings. The van der Waals surface area contributed by atoms with Crippen molar-refractivity contribution in [1.29, 1.82) is 0 Å². The fourth-order valence-electron chi connectivity index (χ4n) is 2.72. The normalized spacial score (nSPS) is 26.8. The second-order valence-corrected chi connectivity index (χ2v) is 5.81. The Balaban J connectivity index is 1.87. The summed E-state index contributed by atoms with van der Waals surface area (Å²) in [6.45, 7) is 4.72. The van der Waals surface area contributed by atoms with Crippen molar-refractivity contribution in [1.82, 2.24) is 5.32 Å². The Morgan fingerprint density at radius 2 is 2.26 bits per heavy atom. The predicted octanol–water partition coefficient (Wildman–Crippen LogP) is 2.26. The van der Waals surface area contributed by atoms with Crippen LogP contribution in [0.3, 0.4) is 0 Å². The first-order valence-corrected chi connectivity index (χ1v) is 6.65. The SMILES string of the molecule is COC1CC(NCC(O)c2cccc(F)c2)C1(C)C. The summed E-state index contributed by atoms with van der Waals surface area (Å²) in [6, 6.07) is 6.42. The van der Waals surface area contributed by atoms with Gasteiger partial charge in [0.2, 0.25) is 0 Å². The maximum atomic E-state index is 13.1. The van der Waals surface area contributed by atoms with E-state index in [1.54, 1.807) is 19.2 Å². The number of nitrogens with one attached hydrogen (secondary N) is 1. The molecule has 0 spiro atoms. The highest BCUT2D eigenvalue weighted by molar-refractivity contribution is 5.19. The zero-order valence-corrected chi connectivity index (χ0v) is 11.7. The number of rotatable bonds is 5. The van der Waals surface area contributed by atoms with Crippen molar-refractivity contribution >= 4 is 0 Å². The molecule has 2 rings (SSSR count). The number of methoxy groups -OCH3 is 1. The van der Waals surface area contributed by atoms with E-state index >= 15 is 0 Å². The Morgan fingerprint density at radius 3 is 2.84 bits per heavy atom. The van der Waals surface area contributed by atoms with Crippen LogP contribution < -0.4 is 5.32 Å². The highest BCUT2D eigenvalue weighted by atomic mass is 19.1. The molecule has 0 bridgehead atoms. The van der Waals surface area contributed by atoms with Crippen molar-refractivity contribution in [2.75, 3.05) is 13.7 Å². The van der Waals surface area contributed by atoms with Gasteiger partial charge in [0.15, 0.2) is 0 Å². The van der Waals surface area contributed by atoms with Crippen molar-refractivity contribution in [3.8, 4) is 0 Å². The number of hydrogen-bond donors (Lipinski definition) is 2. The Labute approximate surface area is 113 Å². The lowest BCUT2D eigenvalue weighted by atomic mass is 9.64. The largest absolute Gasteiger partial charge is 0.387 e. The second-order valence-electron chi connectivity index (χ2n) is 5.81. The number of benzene rings is 1. The molecule has 0 amide bonds. The lowest BCUT2D eigenvalue weighted by molar-refractivity contribution is -0.0992. The average molecular weight is 267 g/mol. The lowest BCUT2D eigenvalue weighted by Gasteiger charge is -2.51. The van der Waals surface area contributed by atoms with E-state index in [2.05, 4.69) is 19.2 Å². The summed E-state index contributed by atoms with van der Waals surface area (Å²) >= 11 is 0. The summed E-state index contributed by atoms with van der Waals surface area (Å²) in [5.41, 5.74) is 0.670. The van der Waals surface area contributed by atoms with Crippen molar-refractivity contribution in [2.24, 2.45) is 5.41 Å². The van der Waals surface area contributed by atoms with Gasteiger partial charge in [-0.3, -0.25) is 0 Å². The van der Waals surface area contributed by atoms with Crippen molar-refractivity contribution in [3.05, 3.63) is 35.6 Å². The molecule has 3 nitrogen and oxygen atoms in total. The number of halogens is 1. The zero-order valence-electron chi connectivity index (χ0n) is 11.7. The van der Waals surface area contributed by atoms with Crippen LogP contribution in [0.4, 0.5) is 4.39 Å². The highest BCUT2D eigenvalue weighted by Crippen LogP contribution is 2.42. The van der Waals surface area contributed by atoms with E-state index in [4.69, 9.17) is 4.74 Å². The second kappa shape index (κ2) is 5.57.